The van der Waals surface area contributed by atoms with Crippen LogP contribution in [-0.2, 0) is 4.74 Å². The third-order valence-electron chi connectivity index (χ3n) is 2.38. The summed E-state index contributed by atoms with van der Waals surface area (Å²) in [4.78, 5) is 11.3. The van der Waals surface area contributed by atoms with Gasteiger partial charge >= 0.3 is 0 Å². The zero-order valence-corrected chi connectivity index (χ0v) is 10.3. The molecule has 1 atom stereocenters. The van der Waals surface area contributed by atoms with Crippen LogP contribution in [0, 0.1) is 5.82 Å². The maximum absolute atomic E-state index is 13.0. The number of rotatable bonds is 6. The lowest BCUT2D eigenvalue weighted by Gasteiger charge is -2.16. The molecular formula is C13H17FO3. The van der Waals surface area contributed by atoms with E-state index in [9.17, 15) is 9.18 Å². The minimum Gasteiger partial charge on any atom is -0.490 e. The van der Waals surface area contributed by atoms with Gasteiger partial charge in [0.2, 0.25) is 0 Å². The third kappa shape index (κ3) is 4.15. The number of hydrogen-bond acceptors (Lipinski definition) is 3. The molecule has 0 spiro atoms. The summed E-state index contributed by atoms with van der Waals surface area (Å²) in [6.07, 6.45) is 0.629. The van der Waals surface area contributed by atoms with Crippen molar-refractivity contribution >= 4 is 5.78 Å². The number of halogens is 1. The maximum atomic E-state index is 13.0. The van der Waals surface area contributed by atoms with E-state index in [2.05, 4.69) is 0 Å². The lowest BCUT2D eigenvalue weighted by molar-refractivity contribution is 0.100. The Bertz CT molecular complexity index is 390. The predicted molar refractivity (Wildman–Crippen MR) is 63.0 cm³/mol. The summed E-state index contributed by atoms with van der Waals surface area (Å²) in [7, 11) is 1.62. The van der Waals surface area contributed by atoms with Gasteiger partial charge in [0, 0.05) is 20.1 Å². The summed E-state index contributed by atoms with van der Waals surface area (Å²) < 4.78 is 23.6. The highest BCUT2D eigenvalue weighted by atomic mass is 19.1. The molecule has 0 fully saturated rings. The number of ketones is 1. The molecule has 3 nitrogen and oxygen atoms in total. The maximum Gasteiger partial charge on any atom is 0.163 e. The molecule has 0 aliphatic rings. The molecule has 0 saturated heterocycles. The molecule has 0 radical (unpaired) electrons. The Balaban J connectivity index is 2.79. The first kappa shape index (κ1) is 13.6. The first-order valence-corrected chi connectivity index (χ1v) is 5.50. The van der Waals surface area contributed by atoms with Gasteiger partial charge in [-0.1, -0.05) is 0 Å². The van der Waals surface area contributed by atoms with Crippen LogP contribution < -0.4 is 4.74 Å². The molecule has 0 heterocycles. The molecule has 1 aromatic carbocycles. The van der Waals surface area contributed by atoms with Crippen molar-refractivity contribution in [1.29, 1.82) is 0 Å². The fraction of sp³-hybridized carbons (Fsp3) is 0.462. The standard InChI is InChI=1S/C13H17FO3/c1-9(6-7-16-3)17-13-5-4-11(14)8-12(13)10(2)15/h4-5,8-9H,6-7H2,1-3H3. The summed E-state index contributed by atoms with van der Waals surface area (Å²) in [5.41, 5.74) is 0.272. The van der Waals surface area contributed by atoms with Crippen molar-refractivity contribution in [3.63, 3.8) is 0 Å². The van der Waals surface area contributed by atoms with E-state index in [4.69, 9.17) is 9.47 Å². The van der Waals surface area contributed by atoms with Gasteiger partial charge in [-0.3, -0.25) is 4.79 Å². The second kappa shape index (κ2) is 6.35. The second-order valence-corrected chi connectivity index (χ2v) is 3.91. The zero-order valence-electron chi connectivity index (χ0n) is 10.3. The molecule has 0 aliphatic heterocycles. The average molecular weight is 240 g/mol. The molecule has 1 aromatic rings. The normalized spacial score (nSPS) is 12.2. The Morgan fingerprint density at radius 3 is 2.76 bits per heavy atom. The quantitative estimate of drug-likeness (QED) is 0.717. The van der Waals surface area contributed by atoms with Gasteiger partial charge in [0.25, 0.3) is 0 Å². The fourth-order valence-corrected chi connectivity index (χ4v) is 1.44. The van der Waals surface area contributed by atoms with Crippen LogP contribution in [0.15, 0.2) is 18.2 Å². The molecule has 94 valence electrons. The van der Waals surface area contributed by atoms with Crippen molar-refractivity contribution in [1.82, 2.24) is 0 Å². The van der Waals surface area contributed by atoms with Crippen molar-refractivity contribution in [3.8, 4) is 5.75 Å². The number of methoxy groups -OCH3 is 1. The highest BCUT2D eigenvalue weighted by Crippen LogP contribution is 2.22. The average Bonchev–Trinajstić information content (AvgIpc) is 2.28. The van der Waals surface area contributed by atoms with E-state index in [1.54, 1.807) is 7.11 Å². The summed E-state index contributed by atoms with van der Waals surface area (Å²) in [6, 6.07) is 3.96. The van der Waals surface area contributed by atoms with Crippen molar-refractivity contribution in [2.45, 2.75) is 26.4 Å². The van der Waals surface area contributed by atoms with Crippen molar-refractivity contribution < 1.29 is 18.7 Å². The molecule has 0 amide bonds. The molecule has 0 aromatic heterocycles. The van der Waals surface area contributed by atoms with Gasteiger partial charge in [-0.2, -0.15) is 0 Å². The molecule has 0 bridgehead atoms. The number of hydrogen-bond donors (Lipinski definition) is 0. The van der Waals surface area contributed by atoms with Crippen LogP contribution in [0.4, 0.5) is 4.39 Å². The van der Waals surface area contributed by atoms with E-state index in [0.29, 0.717) is 18.8 Å². The fourth-order valence-electron chi connectivity index (χ4n) is 1.44. The minimum atomic E-state index is -0.438. The second-order valence-electron chi connectivity index (χ2n) is 3.91. The van der Waals surface area contributed by atoms with E-state index < -0.39 is 5.82 Å². The smallest absolute Gasteiger partial charge is 0.163 e. The molecule has 1 rings (SSSR count). The van der Waals surface area contributed by atoms with Crippen LogP contribution in [0.1, 0.15) is 30.6 Å². The lowest BCUT2D eigenvalue weighted by atomic mass is 10.1. The minimum absolute atomic E-state index is 0.0847. The van der Waals surface area contributed by atoms with Gasteiger partial charge in [0.05, 0.1) is 11.7 Å². The van der Waals surface area contributed by atoms with Crippen molar-refractivity contribution in [3.05, 3.63) is 29.6 Å². The monoisotopic (exact) mass is 240 g/mol. The van der Waals surface area contributed by atoms with Crippen LogP contribution in [-0.4, -0.2) is 25.6 Å². The number of carbonyl (C=O) groups excluding carboxylic acids is 1. The topological polar surface area (TPSA) is 35.5 Å². The molecule has 4 heteroatoms. The lowest BCUT2D eigenvalue weighted by Crippen LogP contribution is -2.15. The highest BCUT2D eigenvalue weighted by Gasteiger charge is 2.12. The van der Waals surface area contributed by atoms with Crippen LogP contribution in [0.5, 0.6) is 5.75 Å². The Morgan fingerprint density at radius 1 is 1.47 bits per heavy atom. The van der Waals surface area contributed by atoms with E-state index in [0.717, 1.165) is 0 Å². The van der Waals surface area contributed by atoms with Gasteiger partial charge in [-0.05, 0) is 32.0 Å². The Labute approximate surface area is 101 Å². The summed E-state index contributed by atoms with van der Waals surface area (Å²) in [5.74, 6) is -0.229. The molecule has 0 saturated carbocycles. The summed E-state index contributed by atoms with van der Waals surface area (Å²) in [5, 5.41) is 0. The Hall–Kier alpha value is -1.42. The van der Waals surface area contributed by atoms with Gasteiger partial charge < -0.3 is 9.47 Å². The van der Waals surface area contributed by atoms with Crippen LogP contribution in [0.3, 0.4) is 0 Å². The largest absolute Gasteiger partial charge is 0.490 e. The molecule has 0 aliphatic carbocycles. The van der Waals surface area contributed by atoms with Crippen molar-refractivity contribution in [2.75, 3.05) is 13.7 Å². The van der Waals surface area contributed by atoms with Gasteiger partial charge in [-0.25, -0.2) is 4.39 Å². The first-order valence-electron chi connectivity index (χ1n) is 5.50. The highest BCUT2D eigenvalue weighted by molar-refractivity contribution is 5.96. The third-order valence-corrected chi connectivity index (χ3v) is 2.38. The van der Waals surface area contributed by atoms with Crippen molar-refractivity contribution in [2.24, 2.45) is 0 Å². The SMILES string of the molecule is COCCC(C)Oc1ccc(F)cc1C(C)=O. The van der Waals surface area contributed by atoms with Gasteiger partial charge in [-0.15, -0.1) is 0 Å². The zero-order chi connectivity index (χ0) is 12.8. The number of benzene rings is 1. The van der Waals surface area contributed by atoms with Gasteiger partial charge in [0.15, 0.2) is 5.78 Å². The van der Waals surface area contributed by atoms with Crippen LogP contribution in [0.25, 0.3) is 0 Å². The molecule has 1 unspecified atom stereocenters. The number of Topliss-reactive ketones (excluding diaryl/α,β-unsaturated/α-hetero) is 1. The number of ether oxygens (including phenoxy) is 2. The summed E-state index contributed by atoms with van der Waals surface area (Å²) >= 11 is 0. The van der Waals surface area contributed by atoms with E-state index in [-0.39, 0.29) is 17.5 Å². The molecule has 17 heavy (non-hydrogen) atoms. The van der Waals surface area contributed by atoms with E-state index in [1.165, 1.54) is 25.1 Å². The first-order chi connectivity index (χ1) is 8.04. The molecule has 0 N–H and O–H groups in total. The molecular weight excluding hydrogens is 223 g/mol. The summed E-state index contributed by atoms with van der Waals surface area (Å²) in [6.45, 7) is 3.85. The van der Waals surface area contributed by atoms with Crippen LogP contribution in [0.2, 0.25) is 0 Å². The van der Waals surface area contributed by atoms with E-state index in [1.807, 2.05) is 6.92 Å². The van der Waals surface area contributed by atoms with E-state index >= 15 is 0 Å². The predicted octanol–water partition coefficient (Wildman–Crippen LogP) is 2.83. The van der Waals surface area contributed by atoms with Crippen LogP contribution >= 0.6 is 0 Å². The Morgan fingerprint density at radius 2 is 2.18 bits per heavy atom. The Kier molecular flexibility index (Phi) is 5.10. The number of carbonyl (C=O) groups is 1. The van der Waals surface area contributed by atoms with Gasteiger partial charge in [0.1, 0.15) is 11.6 Å².